The van der Waals surface area contributed by atoms with Gasteiger partial charge in [-0.05, 0) is 50.1 Å². The second-order valence-corrected chi connectivity index (χ2v) is 4.63. The van der Waals surface area contributed by atoms with E-state index in [0.717, 1.165) is 11.1 Å². The van der Waals surface area contributed by atoms with Gasteiger partial charge in [0.25, 0.3) is 0 Å². The van der Waals surface area contributed by atoms with Gasteiger partial charge in [0, 0.05) is 0 Å². The molecule has 2 nitrogen and oxygen atoms in total. The van der Waals surface area contributed by atoms with Crippen LogP contribution < -0.4 is 4.74 Å². The highest BCUT2D eigenvalue weighted by molar-refractivity contribution is 5.44. The first-order valence-corrected chi connectivity index (χ1v) is 6.21. The maximum Gasteiger partial charge on any atom is 0.136 e. The first kappa shape index (κ1) is 13.6. The Morgan fingerprint density at radius 2 is 1.68 bits per heavy atom. The summed E-state index contributed by atoms with van der Waals surface area (Å²) in [4.78, 5) is 0. The van der Waals surface area contributed by atoms with Crippen molar-refractivity contribution < 1.29 is 14.2 Å². The number of hydrogen-bond donors (Lipinski definition) is 1. The fraction of sp³-hybridized carbons (Fsp3) is 0.250. The van der Waals surface area contributed by atoms with Crippen LogP contribution in [0.2, 0.25) is 0 Å². The van der Waals surface area contributed by atoms with Gasteiger partial charge in [-0.1, -0.05) is 18.2 Å². The maximum absolute atomic E-state index is 13.7. The predicted molar refractivity (Wildman–Crippen MR) is 73.0 cm³/mol. The Hall–Kier alpha value is -1.87. The van der Waals surface area contributed by atoms with E-state index in [1.807, 2.05) is 32.0 Å². The molecule has 0 saturated carbocycles. The molecular formula is C16H17FO2. The molecule has 0 radical (unpaired) electrons. The van der Waals surface area contributed by atoms with Gasteiger partial charge >= 0.3 is 0 Å². The van der Waals surface area contributed by atoms with E-state index in [4.69, 9.17) is 4.74 Å². The molecule has 2 aromatic rings. The van der Waals surface area contributed by atoms with Crippen LogP contribution in [0, 0.1) is 19.7 Å². The average molecular weight is 260 g/mol. The molecule has 0 bridgehead atoms. The molecule has 1 N–H and O–H groups in total. The van der Waals surface area contributed by atoms with Gasteiger partial charge in [-0.25, -0.2) is 4.39 Å². The third-order valence-electron chi connectivity index (χ3n) is 3.21. The minimum absolute atomic E-state index is 0.184. The van der Waals surface area contributed by atoms with Crippen molar-refractivity contribution in [3.8, 4) is 11.5 Å². The lowest BCUT2D eigenvalue weighted by atomic mass is 10.1. The SMILES string of the molecule is Cc1cccc(Oc2cccc(F)c2[C@@H](C)O)c1C. The van der Waals surface area contributed by atoms with Gasteiger partial charge in [0.15, 0.2) is 0 Å². The van der Waals surface area contributed by atoms with E-state index < -0.39 is 11.9 Å². The van der Waals surface area contributed by atoms with Crippen LogP contribution in [0.25, 0.3) is 0 Å². The minimum Gasteiger partial charge on any atom is -0.457 e. The first-order valence-electron chi connectivity index (χ1n) is 6.21. The Kier molecular flexibility index (Phi) is 3.86. The fourth-order valence-corrected chi connectivity index (χ4v) is 1.96. The summed E-state index contributed by atoms with van der Waals surface area (Å²) < 4.78 is 19.5. The topological polar surface area (TPSA) is 29.5 Å². The van der Waals surface area contributed by atoms with Crippen molar-refractivity contribution in [2.75, 3.05) is 0 Å². The average Bonchev–Trinajstić information content (AvgIpc) is 2.34. The molecule has 2 aromatic carbocycles. The van der Waals surface area contributed by atoms with E-state index in [9.17, 15) is 9.50 Å². The lowest BCUT2D eigenvalue weighted by Gasteiger charge is -2.15. The second kappa shape index (κ2) is 5.41. The molecule has 2 rings (SSSR count). The molecule has 0 aliphatic heterocycles. The number of aliphatic hydroxyl groups excluding tert-OH is 1. The molecule has 0 heterocycles. The van der Waals surface area contributed by atoms with Crippen molar-refractivity contribution in [2.45, 2.75) is 26.9 Å². The van der Waals surface area contributed by atoms with Crippen LogP contribution >= 0.6 is 0 Å². The summed E-state index contributed by atoms with van der Waals surface area (Å²) in [7, 11) is 0. The zero-order valence-corrected chi connectivity index (χ0v) is 11.3. The van der Waals surface area contributed by atoms with Crippen LogP contribution in [0.1, 0.15) is 29.7 Å². The van der Waals surface area contributed by atoms with Gasteiger partial charge < -0.3 is 9.84 Å². The van der Waals surface area contributed by atoms with E-state index in [1.54, 1.807) is 12.1 Å². The summed E-state index contributed by atoms with van der Waals surface area (Å²) in [6, 6.07) is 10.3. The molecule has 19 heavy (non-hydrogen) atoms. The first-order chi connectivity index (χ1) is 9.00. The number of benzene rings is 2. The molecule has 0 amide bonds. The summed E-state index contributed by atoms with van der Waals surface area (Å²) >= 11 is 0. The molecule has 0 aliphatic carbocycles. The smallest absolute Gasteiger partial charge is 0.136 e. The summed E-state index contributed by atoms with van der Waals surface area (Å²) in [6.07, 6.45) is -0.915. The molecule has 0 saturated heterocycles. The van der Waals surface area contributed by atoms with Crippen molar-refractivity contribution in [3.05, 3.63) is 58.9 Å². The van der Waals surface area contributed by atoms with Crippen LogP contribution in [0.15, 0.2) is 36.4 Å². The van der Waals surface area contributed by atoms with E-state index in [1.165, 1.54) is 13.0 Å². The predicted octanol–water partition coefficient (Wildman–Crippen LogP) is 4.29. The summed E-state index contributed by atoms with van der Waals surface area (Å²) in [5, 5.41) is 9.67. The maximum atomic E-state index is 13.7. The molecule has 3 heteroatoms. The van der Waals surface area contributed by atoms with Crippen LogP contribution in [0.3, 0.4) is 0 Å². The third kappa shape index (κ3) is 2.76. The lowest BCUT2D eigenvalue weighted by Crippen LogP contribution is -2.00. The van der Waals surface area contributed by atoms with Gasteiger partial charge in [0.05, 0.1) is 11.7 Å². The quantitative estimate of drug-likeness (QED) is 0.892. The highest BCUT2D eigenvalue weighted by Gasteiger charge is 2.16. The minimum atomic E-state index is -0.915. The number of ether oxygens (including phenoxy) is 1. The van der Waals surface area contributed by atoms with Crippen LogP contribution in [0.4, 0.5) is 4.39 Å². The third-order valence-corrected chi connectivity index (χ3v) is 3.21. The van der Waals surface area contributed by atoms with E-state index in [-0.39, 0.29) is 5.56 Å². The van der Waals surface area contributed by atoms with Gasteiger partial charge in [-0.3, -0.25) is 0 Å². The van der Waals surface area contributed by atoms with Crippen LogP contribution in [-0.4, -0.2) is 5.11 Å². The summed E-state index contributed by atoms with van der Waals surface area (Å²) in [6.45, 7) is 5.46. The summed E-state index contributed by atoms with van der Waals surface area (Å²) in [5.41, 5.74) is 2.29. The molecule has 0 aromatic heterocycles. The van der Waals surface area contributed by atoms with Crippen molar-refractivity contribution in [3.63, 3.8) is 0 Å². The summed E-state index contributed by atoms with van der Waals surface area (Å²) in [5.74, 6) is 0.564. The molecular weight excluding hydrogens is 243 g/mol. The molecule has 0 aliphatic rings. The number of hydrogen-bond acceptors (Lipinski definition) is 2. The fourth-order valence-electron chi connectivity index (χ4n) is 1.96. The number of aliphatic hydroxyl groups is 1. The van der Waals surface area contributed by atoms with Crippen molar-refractivity contribution in [1.82, 2.24) is 0 Å². The second-order valence-electron chi connectivity index (χ2n) is 4.63. The van der Waals surface area contributed by atoms with Crippen molar-refractivity contribution in [2.24, 2.45) is 0 Å². The van der Waals surface area contributed by atoms with Crippen molar-refractivity contribution >= 4 is 0 Å². The number of aryl methyl sites for hydroxylation is 1. The van der Waals surface area contributed by atoms with Gasteiger partial charge in [-0.2, -0.15) is 0 Å². The standard InChI is InChI=1S/C16H17FO2/c1-10-6-4-8-14(11(10)2)19-15-9-5-7-13(17)16(15)12(3)18/h4-9,12,18H,1-3H3/t12-/m1/s1. The molecule has 0 unspecified atom stereocenters. The Labute approximate surface area is 112 Å². The van der Waals surface area contributed by atoms with E-state index in [0.29, 0.717) is 11.5 Å². The Bertz CT molecular complexity index is 591. The lowest BCUT2D eigenvalue weighted by molar-refractivity contribution is 0.190. The largest absolute Gasteiger partial charge is 0.457 e. The van der Waals surface area contributed by atoms with E-state index in [2.05, 4.69) is 0 Å². The molecule has 0 fully saturated rings. The number of rotatable bonds is 3. The van der Waals surface area contributed by atoms with Crippen LogP contribution in [0.5, 0.6) is 11.5 Å². The van der Waals surface area contributed by atoms with Crippen LogP contribution in [-0.2, 0) is 0 Å². The van der Waals surface area contributed by atoms with Gasteiger partial charge in [-0.15, -0.1) is 0 Å². The zero-order valence-electron chi connectivity index (χ0n) is 11.3. The Balaban J connectivity index is 2.44. The molecule has 0 spiro atoms. The van der Waals surface area contributed by atoms with Gasteiger partial charge in [0.2, 0.25) is 0 Å². The highest BCUT2D eigenvalue weighted by Crippen LogP contribution is 2.33. The normalized spacial score (nSPS) is 12.3. The Morgan fingerprint density at radius 1 is 1.05 bits per heavy atom. The van der Waals surface area contributed by atoms with Gasteiger partial charge in [0.1, 0.15) is 17.3 Å². The Morgan fingerprint density at radius 3 is 2.37 bits per heavy atom. The van der Waals surface area contributed by atoms with E-state index >= 15 is 0 Å². The number of halogens is 1. The monoisotopic (exact) mass is 260 g/mol. The zero-order chi connectivity index (χ0) is 14.0. The van der Waals surface area contributed by atoms with Crippen molar-refractivity contribution in [1.29, 1.82) is 0 Å². The highest BCUT2D eigenvalue weighted by atomic mass is 19.1. The molecule has 100 valence electrons. The molecule has 1 atom stereocenters.